The van der Waals surface area contributed by atoms with E-state index in [-0.39, 0.29) is 30.3 Å². The van der Waals surface area contributed by atoms with Crippen molar-refractivity contribution in [3.05, 3.63) is 22.4 Å². The van der Waals surface area contributed by atoms with E-state index in [1.807, 2.05) is 29.3 Å². The lowest BCUT2D eigenvalue weighted by atomic mass is 10.1. The van der Waals surface area contributed by atoms with Crippen molar-refractivity contribution in [3.8, 4) is 0 Å². The molecule has 1 aliphatic rings. The molecule has 2 N–H and O–H groups in total. The molecule has 16 heavy (non-hydrogen) atoms. The second-order valence-electron chi connectivity index (χ2n) is 4.07. The van der Waals surface area contributed by atoms with E-state index < -0.39 is 0 Å². The van der Waals surface area contributed by atoms with Gasteiger partial charge in [-0.3, -0.25) is 4.79 Å². The summed E-state index contributed by atoms with van der Waals surface area (Å²) in [4.78, 5) is 15.1. The zero-order valence-electron chi connectivity index (χ0n) is 9.26. The van der Waals surface area contributed by atoms with Gasteiger partial charge in [-0.15, -0.1) is 23.7 Å². The van der Waals surface area contributed by atoms with Crippen LogP contribution in [0.2, 0.25) is 0 Å². The van der Waals surface area contributed by atoms with E-state index in [0.717, 1.165) is 17.8 Å². The van der Waals surface area contributed by atoms with E-state index in [1.165, 1.54) is 0 Å². The summed E-state index contributed by atoms with van der Waals surface area (Å²) in [5.41, 5.74) is 5.79. The number of rotatable bonds is 2. The SMILES string of the molecule is CC(C(=O)N1CC[C@H](N)C1)c1cccs1.Cl. The van der Waals surface area contributed by atoms with Gasteiger partial charge < -0.3 is 10.6 Å². The Morgan fingerprint density at radius 3 is 2.94 bits per heavy atom. The van der Waals surface area contributed by atoms with E-state index in [1.54, 1.807) is 11.3 Å². The number of nitrogens with two attached hydrogens (primary N) is 1. The van der Waals surface area contributed by atoms with Crippen LogP contribution in [0.25, 0.3) is 0 Å². The lowest BCUT2D eigenvalue weighted by molar-refractivity contribution is -0.131. The molecule has 1 unspecified atom stereocenters. The molecule has 1 aromatic rings. The maximum absolute atomic E-state index is 12.1. The third-order valence-corrected chi connectivity index (χ3v) is 3.93. The molecule has 3 nitrogen and oxygen atoms in total. The van der Waals surface area contributed by atoms with Crippen molar-refractivity contribution in [1.29, 1.82) is 0 Å². The van der Waals surface area contributed by atoms with Gasteiger partial charge in [0.05, 0.1) is 5.92 Å². The minimum atomic E-state index is -0.0182. The highest BCUT2D eigenvalue weighted by atomic mass is 35.5. The van der Waals surface area contributed by atoms with Gasteiger partial charge in [0, 0.05) is 24.0 Å². The highest BCUT2D eigenvalue weighted by molar-refractivity contribution is 7.10. The summed E-state index contributed by atoms with van der Waals surface area (Å²) < 4.78 is 0. The van der Waals surface area contributed by atoms with Crippen LogP contribution in [0.3, 0.4) is 0 Å². The minimum Gasteiger partial charge on any atom is -0.341 e. The Kier molecular flexibility index (Phi) is 4.77. The van der Waals surface area contributed by atoms with Crippen LogP contribution in [0.4, 0.5) is 0 Å². The van der Waals surface area contributed by atoms with Crippen molar-refractivity contribution >= 4 is 29.7 Å². The van der Waals surface area contributed by atoms with Crippen LogP contribution in [-0.2, 0) is 4.79 Å². The zero-order valence-corrected chi connectivity index (χ0v) is 10.9. The van der Waals surface area contributed by atoms with Gasteiger partial charge in [-0.25, -0.2) is 0 Å². The smallest absolute Gasteiger partial charge is 0.230 e. The normalized spacial score (nSPS) is 21.6. The van der Waals surface area contributed by atoms with Gasteiger partial charge in [-0.05, 0) is 24.8 Å². The van der Waals surface area contributed by atoms with Crippen LogP contribution in [0, 0.1) is 0 Å². The molecule has 1 amide bonds. The van der Waals surface area contributed by atoms with Gasteiger partial charge in [0.1, 0.15) is 0 Å². The van der Waals surface area contributed by atoms with Crippen molar-refractivity contribution < 1.29 is 4.79 Å². The number of carbonyl (C=O) groups is 1. The lowest BCUT2D eigenvalue weighted by Crippen LogP contribution is -2.34. The van der Waals surface area contributed by atoms with Crippen LogP contribution >= 0.6 is 23.7 Å². The first-order chi connectivity index (χ1) is 7.18. The van der Waals surface area contributed by atoms with Crippen molar-refractivity contribution in [2.45, 2.75) is 25.3 Å². The molecule has 0 spiro atoms. The molecular formula is C11H17ClN2OS. The van der Waals surface area contributed by atoms with E-state index >= 15 is 0 Å². The van der Waals surface area contributed by atoms with Gasteiger partial charge in [0.25, 0.3) is 0 Å². The Hall–Kier alpha value is -0.580. The molecule has 90 valence electrons. The largest absolute Gasteiger partial charge is 0.341 e. The summed E-state index contributed by atoms with van der Waals surface area (Å²) in [5.74, 6) is 0.195. The molecule has 0 saturated carbocycles. The highest BCUT2D eigenvalue weighted by Crippen LogP contribution is 2.24. The quantitative estimate of drug-likeness (QED) is 0.882. The van der Waals surface area contributed by atoms with Crippen LogP contribution < -0.4 is 5.73 Å². The maximum Gasteiger partial charge on any atom is 0.230 e. The Labute approximate surface area is 106 Å². The Balaban J connectivity index is 0.00000128. The van der Waals surface area contributed by atoms with Gasteiger partial charge in [0.15, 0.2) is 0 Å². The maximum atomic E-state index is 12.1. The van der Waals surface area contributed by atoms with E-state index in [0.29, 0.717) is 6.54 Å². The van der Waals surface area contributed by atoms with Gasteiger partial charge in [-0.1, -0.05) is 6.07 Å². The van der Waals surface area contributed by atoms with Gasteiger partial charge >= 0.3 is 0 Å². The lowest BCUT2D eigenvalue weighted by Gasteiger charge is -2.19. The highest BCUT2D eigenvalue weighted by Gasteiger charge is 2.27. The first-order valence-electron chi connectivity index (χ1n) is 5.26. The number of nitrogens with zero attached hydrogens (tertiary/aromatic N) is 1. The Morgan fingerprint density at radius 2 is 2.44 bits per heavy atom. The third kappa shape index (κ3) is 2.75. The van der Waals surface area contributed by atoms with Crippen molar-refractivity contribution in [2.24, 2.45) is 5.73 Å². The monoisotopic (exact) mass is 260 g/mol. The molecule has 2 atom stereocenters. The molecule has 2 rings (SSSR count). The molecule has 0 aliphatic carbocycles. The summed E-state index contributed by atoms with van der Waals surface area (Å²) in [5, 5.41) is 2.01. The van der Waals surface area contributed by atoms with E-state index in [4.69, 9.17) is 5.73 Å². The first-order valence-corrected chi connectivity index (χ1v) is 6.14. The fourth-order valence-corrected chi connectivity index (χ4v) is 2.70. The summed E-state index contributed by atoms with van der Waals surface area (Å²) in [7, 11) is 0. The second-order valence-corrected chi connectivity index (χ2v) is 5.05. The average Bonchev–Trinajstić information content (AvgIpc) is 2.85. The number of hydrogen-bond donors (Lipinski definition) is 1. The molecule has 2 heterocycles. The predicted molar refractivity (Wildman–Crippen MR) is 69.2 cm³/mol. The van der Waals surface area contributed by atoms with Crippen LogP contribution in [0.1, 0.15) is 24.1 Å². The van der Waals surface area contributed by atoms with Crippen LogP contribution in [-0.4, -0.2) is 29.9 Å². The van der Waals surface area contributed by atoms with E-state index in [9.17, 15) is 4.79 Å². The van der Waals surface area contributed by atoms with Crippen molar-refractivity contribution in [1.82, 2.24) is 4.90 Å². The van der Waals surface area contributed by atoms with Gasteiger partial charge in [-0.2, -0.15) is 0 Å². The standard InChI is InChI=1S/C11H16N2OS.ClH/c1-8(10-3-2-6-15-10)11(14)13-5-4-9(12)7-13;/h2-3,6,8-9H,4-5,7,12H2,1H3;1H/t8?,9-;/m0./s1. The van der Waals surface area contributed by atoms with Crippen LogP contribution in [0.5, 0.6) is 0 Å². The number of amides is 1. The second kappa shape index (κ2) is 5.66. The van der Waals surface area contributed by atoms with Crippen LogP contribution in [0.15, 0.2) is 17.5 Å². The molecule has 1 aromatic heterocycles. The van der Waals surface area contributed by atoms with E-state index in [2.05, 4.69) is 0 Å². The average molecular weight is 261 g/mol. The molecule has 1 fully saturated rings. The fraction of sp³-hybridized carbons (Fsp3) is 0.545. The molecule has 1 saturated heterocycles. The first kappa shape index (κ1) is 13.5. The molecule has 1 aliphatic heterocycles. The number of hydrogen-bond acceptors (Lipinski definition) is 3. The zero-order chi connectivity index (χ0) is 10.8. The minimum absolute atomic E-state index is 0. The number of likely N-dealkylation sites (tertiary alicyclic amines) is 1. The molecule has 0 aromatic carbocycles. The predicted octanol–water partition coefficient (Wildman–Crippen LogP) is 1.83. The molecule has 0 radical (unpaired) electrons. The molecule has 0 bridgehead atoms. The fourth-order valence-electron chi connectivity index (χ4n) is 1.92. The third-order valence-electron chi connectivity index (χ3n) is 2.88. The number of halogens is 1. The Bertz CT molecular complexity index is 342. The Morgan fingerprint density at radius 1 is 1.69 bits per heavy atom. The van der Waals surface area contributed by atoms with Crippen molar-refractivity contribution in [3.63, 3.8) is 0 Å². The molecular weight excluding hydrogens is 244 g/mol. The number of carbonyl (C=O) groups excluding carboxylic acids is 1. The summed E-state index contributed by atoms with van der Waals surface area (Å²) in [6.45, 7) is 3.50. The molecule has 5 heteroatoms. The van der Waals surface area contributed by atoms with Gasteiger partial charge in [0.2, 0.25) is 5.91 Å². The summed E-state index contributed by atoms with van der Waals surface area (Å²) in [6.07, 6.45) is 0.933. The van der Waals surface area contributed by atoms with Crippen molar-refractivity contribution in [2.75, 3.05) is 13.1 Å². The topological polar surface area (TPSA) is 46.3 Å². The number of thiophene rings is 1. The summed E-state index contributed by atoms with van der Waals surface area (Å²) in [6, 6.07) is 4.17. The summed E-state index contributed by atoms with van der Waals surface area (Å²) >= 11 is 1.64.